The third kappa shape index (κ3) is 5.24. The molecule has 6 heteroatoms. The fourth-order valence-electron chi connectivity index (χ4n) is 3.35. The Kier molecular flexibility index (Phi) is 6.50. The van der Waals surface area contributed by atoms with Crippen LogP contribution in [0.15, 0.2) is 89.9 Å². The van der Waals surface area contributed by atoms with E-state index in [9.17, 15) is 9.59 Å². The number of benzene rings is 3. The van der Waals surface area contributed by atoms with Gasteiger partial charge < -0.3 is 10.1 Å². The molecule has 0 saturated carbocycles. The van der Waals surface area contributed by atoms with Crippen LogP contribution in [0.4, 0.5) is 0 Å². The van der Waals surface area contributed by atoms with E-state index in [1.165, 1.54) is 4.68 Å². The van der Waals surface area contributed by atoms with Crippen LogP contribution in [0.3, 0.4) is 0 Å². The number of ether oxygens (including phenoxy) is 1. The Hall–Kier alpha value is -3.77. The Morgan fingerprint density at radius 3 is 2.42 bits per heavy atom. The first kappa shape index (κ1) is 20.5. The second-order valence-corrected chi connectivity index (χ2v) is 7.22. The third-order valence-corrected chi connectivity index (χ3v) is 5.02. The Labute approximate surface area is 180 Å². The highest BCUT2D eigenvalue weighted by molar-refractivity contribution is 5.81. The molecule has 0 spiro atoms. The van der Waals surface area contributed by atoms with E-state index >= 15 is 0 Å². The van der Waals surface area contributed by atoms with Crippen LogP contribution >= 0.6 is 0 Å². The molecule has 6 nitrogen and oxygen atoms in total. The Balaban J connectivity index is 1.35. The molecule has 0 radical (unpaired) electrons. The first-order chi connectivity index (χ1) is 15.2. The van der Waals surface area contributed by atoms with Gasteiger partial charge in [0.05, 0.1) is 24.8 Å². The summed E-state index contributed by atoms with van der Waals surface area (Å²) in [6.45, 7) is 1.20. The first-order valence-corrected chi connectivity index (χ1v) is 10.1. The van der Waals surface area contributed by atoms with Gasteiger partial charge in [0.1, 0.15) is 6.54 Å². The average Bonchev–Trinajstić information content (AvgIpc) is 2.81. The smallest absolute Gasteiger partial charge is 0.275 e. The molecule has 4 rings (SSSR count). The number of hydrogen-bond acceptors (Lipinski definition) is 4. The molecule has 0 fully saturated rings. The summed E-state index contributed by atoms with van der Waals surface area (Å²) < 4.78 is 7.02. The molecule has 4 aromatic rings. The maximum atomic E-state index is 12.5. The Morgan fingerprint density at radius 1 is 0.871 bits per heavy atom. The molecular weight excluding hydrogens is 390 g/mol. The quantitative estimate of drug-likeness (QED) is 0.480. The van der Waals surface area contributed by atoms with Gasteiger partial charge in [0.15, 0.2) is 0 Å². The molecule has 3 aromatic carbocycles. The lowest BCUT2D eigenvalue weighted by molar-refractivity contribution is -0.122. The number of nitrogens with zero attached hydrogens (tertiary/aromatic N) is 2. The minimum absolute atomic E-state index is 0.129. The number of amides is 1. The van der Waals surface area contributed by atoms with E-state index < -0.39 is 0 Å². The summed E-state index contributed by atoms with van der Waals surface area (Å²) in [6.07, 6.45) is 1.60. The minimum Gasteiger partial charge on any atom is -0.372 e. The van der Waals surface area contributed by atoms with Crippen molar-refractivity contribution < 1.29 is 9.53 Å². The maximum absolute atomic E-state index is 12.5. The zero-order valence-electron chi connectivity index (χ0n) is 17.0. The zero-order chi connectivity index (χ0) is 21.5. The van der Waals surface area contributed by atoms with Gasteiger partial charge >= 0.3 is 0 Å². The summed E-state index contributed by atoms with van der Waals surface area (Å²) >= 11 is 0. The summed E-state index contributed by atoms with van der Waals surface area (Å²) in [5.74, 6) is -0.273. The average molecular weight is 413 g/mol. The lowest BCUT2D eigenvalue weighted by Gasteiger charge is -2.12. The highest BCUT2D eigenvalue weighted by Gasteiger charge is 2.09. The molecule has 1 amide bonds. The van der Waals surface area contributed by atoms with E-state index in [0.717, 1.165) is 22.1 Å². The summed E-state index contributed by atoms with van der Waals surface area (Å²) in [5.41, 5.74) is 2.83. The van der Waals surface area contributed by atoms with Crippen molar-refractivity contribution in [3.05, 3.63) is 112 Å². The van der Waals surface area contributed by atoms with Gasteiger partial charge in [-0.3, -0.25) is 9.59 Å². The number of nitrogens with one attached hydrogen (secondary N) is 1. The monoisotopic (exact) mass is 413 g/mol. The number of carbonyl (C=O) groups excluding carboxylic acids is 1. The van der Waals surface area contributed by atoms with Crippen LogP contribution in [0.1, 0.15) is 16.7 Å². The van der Waals surface area contributed by atoms with E-state index in [1.807, 2.05) is 66.7 Å². The van der Waals surface area contributed by atoms with Gasteiger partial charge in [0, 0.05) is 11.9 Å². The van der Waals surface area contributed by atoms with Crippen molar-refractivity contribution in [1.29, 1.82) is 0 Å². The van der Waals surface area contributed by atoms with Crippen molar-refractivity contribution in [2.75, 3.05) is 0 Å². The molecule has 1 N–H and O–H groups in total. The zero-order valence-corrected chi connectivity index (χ0v) is 17.0. The van der Waals surface area contributed by atoms with Crippen molar-refractivity contribution in [2.24, 2.45) is 0 Å². The second kappa shape index (κ2) is 9.82. The molecule has 0 bridgehead atoms. The van der Waals surface area contributed by atoms with Crippen LogP contribution < -0.4 is 10.9 Å². The maximum Gasteiger partial charge on any atom is 0.275 e. The normalized spacial score (nSPS) is 10.8. The van der Waals surface area contributed by atoms with Crippen LogP contribution in [-0.2, 0) is 35.8 Å². The summed E-state index contributed by atoms with van der Waals surface area (Å²) in [4.78, 5) is 25.0. The van der Waals surface area contributed by atoms with Gasteiger partial charge in [-0.1, -0.05) is 72.8 Å². The van der Waals surface area contributed by atoms with Gasteiger partial charge in [-0.2, -0.15) is 5.10 Å². The summed E-state index contributed by atoms with van der Waals surface area (Å²) in [5, 5.41) is 8.29. The van der Waals surface area contributed by atoms with E-state index in [4.69, 9.17) is 4.74 Å². The number of carbonyl (C=O) groups is 1. The molecular formula is C25H23N3O3. The molecule has 156 valence electrons. The highest BCUT2D eigenvalue weighted by Crippen LogP contribution is 2.12. The first-order valence-electron chi connectivity index (χ1n) is 10.1. The molecule has 31 heavy (non-hydrogen) atoms. The van der Waals surface area contributed by atoms with Gasteiger partial charge in [0.25, 0.3) is 5.56 Å². The SMILES string of the molecule is O=C(Cn1ncc2ccccc2c1=O)NCc1ccccc1COCc1ccccc1. The minimum atomic E-state index is -0.275. The number of fused-ring (bicyclic) bond motifs is 1. The standard InChI is InChI=1S/C25H23N3O3/c29-24(16-28-25(30)23-13-7-6-11-21(23)15-27-28)26-14-20-10-4-5-12-22(20)18-31-17-19-8-2-1-3-9-19/h1-13,15H,14,16-18H2,(H,26,29). The van der Waals surface area contributed by atoms with E-state index in [0.29, 0.717) is 25.1 Å². The summed E-state index contributed by atoms with van der Waals surface area (Å²) in [7, 11) is 0. The van der Waals surface area contributed by atoms with Crippen LogP contribution in [-0.4, -0.2) is 15.7 Å². The predicted molar refractivity (Wildman–Crippen MR) is 119 cm³/mol. The molecule has 0 aliphatic carbocycles. The van der Waals surface area contributed by atoms with Crippen LogP contribution in [0.25, 0.3) is 10.8 Å². The molecule has 0 atom stereocenters. The van der Waals surface area contributed by atoms with Crippen LogP contribution in [0.5, 0.6) is 0 Å². The van der Waals surface area contributed by atoms with Crippen LogP contribution in [0.2, 0.25) is 0 Å². The number of hydrogen-bond donors (Lipinski definition) is 1. The van der Waals surface area contributed by atoms with Gasteiger partial charge in [-0.25, -0.2) is 4.68 Å². The van der Waals surface area contributed by atoms with Crippen molar-refractivity contribution >= 4 is 16.7 Å². The molecule has 0 aliphatic rings. The highest BCUT2D eigenvalue weighted by atomic mass is 16.5. The van der Waals surface area contributed by atoms with E-state index in [1.54, 1.807) is 18.3 Å². The van der Waals surface area contributed by atoms with Crippen molar-refractivity contribution in [3.8, 4) is 0 Å². The lowest BCUT2D eigenvalue weighted by atomic mass is 10.1. The van der Waals surface area contributed by atoms with E-state index in [2.05, 4.69) is 10.4 Å². The third-order valence-electron chi connectivity index (χ3n) is 5.02. The van der Waals surface area contributed by atoms with E-state index in [-0.39, 0.29) is 18.0 Å². The van der Waals surface area contributed by atoms with Crippen molar-refractivity contribution in [1.82, 2.24) is 15.1 Å². The molecule has 0 saturated heterocycles. The topological polar surface area (TPSA) is 73.2 Å². The molecule has 0 aliphatic heterocycles. The second-order valence-electron chi connectivity index (χ2n) is 7.22. The molecule has 1 aromatic heterocycles. The van der Waals surface area contributed by atoms with Crippen LogP contribution in [0, 0.1) is 0 Å². The molecule has 0 unspecified atom stereocenters. The van der Waals surface area contributed by atoms with Gasteiger partial charge in [-0.15, -0.1) is 0 Å². The van der Waals surface area contributed by atoms with Gasteiger partial charge in [0.2, 0.25) is 5.91 Å². The fraction of sp³-hybridized carbons (Fsp3) is 0.160. The van der Waals surface area contributed by atoms with Crippen molar-refractivity contribution in [2.45, 2.75) is 26.3 Å². The summed E-state index contributed by atoms with van der Waals surface area (Å²) in [6, 6.07) is 25.0. The van der Waals surface area contributed by atoms with Crippen molar-refractivity contribution in [3.63, 3.8) is 0 Å². The molecule has 1 heterocycles. The Bertz CT molecular complexity index is 1240. The Morgan fingerprint density at radius 2 is 1.58 bits per heavy atom. The predicted octanol–water partition coefficient (Wildman–Crippen LogP) is 3.43. The largest absolute Gasteiger partial charge is 0.372 e. The number of aromatic nitrogens is 2. The van der Waals surface area contributed by atoms with Gasteiger partial charge in [-0.05, 0) is 22.8 Å². The fourth-order valence-corrected chi connectivity index (χ4v) is 3.35. The lowest BCUT2D eigenvalue weighted by Crippen LogP contribution is -2.33. The number of rotatable bonds is 8.